The number of rotatable bonds is 14. The van der Waals surface area contributed by atoms with E-state index in [1.165, 1.54) is 7.11 Å². The first-order valence-corrected chi connectivity index (χ1v) is 11.3. The van der Waals surface area contributed by atoms with Crippen LogP contribution >= 0.6 is 11.6 Å². The highest BCUT2D eigenvalue weighted by Gasteiger charge is 2.44. The van der Waals surface area contributed by atoms with Gasteiger partial charge in [0, 0.05) is 31.2 Å². The molecule has 1 aliphatic rings. The van der Waals surface area contributed by atoms with Gasteiger partial charge in [-0.05, 0) is 49.9 Å². The molecule has 3 N–H and O–H groups in total. The van der Waals surface area contributed by atoms with Crippen molar-refractivity contribution in [3.8, 4) is 5.75 Å². The maximum atomic E-state index is 13.3. The molecule has 9 heteroatoms. The first-order chi connectivity index (χ1) is 15.3. The topological polar surface area (TPSA) is 122 Å². The summed E-state index contributed by atoms with van der Waals surface area (Å²) in [6.45, 7) is 0.525. The van der Waals surface area contributed by atoms with Crippen molar-refractivity contribution < 1.29 is 34.1 Å². The lowest BCUT2D eigenvalue weighted by Crippen LogP contribution is -2.47. The molecule has 0 saturated heterocycles. The largest absolute Gasteiger partial charge is 0.494 e. The van der Waals surface area contributed by atoms with E-state index in [0.29, 0.717) is 43.1 Å². The van der Waals surface area contributed by atoms with Crippen LogP contribution in [0.3, 0.4) is 0 Å². The van der Waals surface area contributed by atoms with Crippen molar-refractivity contribution in [2.45, 2.75) is 57.4 Å². The molecule has 0 radical (unpaired) electrons. The number of carbonyl (C=O) groups excluding carboxylic acids is 1. The summed E-state index contributed by atoms with van der Waals surface area (Å²) < 4.78 is 10.7. The predicted octanol–water partition coefficient (Wildman–Crippen LogP) is 3.76. The Kier molecular flexibility index (Phi) is 10.3. The molecule has 32 heavy (non-hydrogen) atoms. The minimum absolute atomic E-state index is 0.221. The summed E-state index contributed by atoms with van der Waals surface area (Å²) in [5.74, 6) is -2.32. The van der Waals surface area contributed by atoms with E-state index in [1.807, 2.05) is 0 Å². The van der Waals surface area contributed by atoms with E-state index in [2.05, 4.69) is 5.32 Å². The lowest BCUT2D eigenvalue weighted by molar-refractivity contribution is -0.145. The van der Waals surface area contributed by atoms with E-state index in [9.17, 15) is 24.6 Å². The minimum atomic E-state index is -1.02. The number of nitrogens with one attached hydrogen (secondary N) is 1. The SMILES string of the molecule is COCCC(CC1(C(=O)NC(CCOc2ccc(Cl)cc2)CC(=O)O)CCCC1)C(=O)O. The lowest BCUT2D eigenvalue weighted by Gasteiger charge is -2.32. The zero-order chi connectivity index (χ0) is 23.6. The number of halogens is 1. The van der Waals surface area contributed by atoms with Crippen LogP contribution in [0.5, 0.6) is 5.75 Å². The molecule has 2 rings (SSSR count). The van der Waals surface area contributed by atoms with E-state index in [0.717, 1.165) is 12.8 Å². The van der Waals surface area contributed by atoms with Gasteiger partial charge in [0.25, 0.3) is 0 Å². The maximum absolute atomic E-state index is 13.3. The number of aliphatic carboxylic acids is 2. The fraction of sp³-hybridized carbons (Fsp3) is 0.609. The van der Waals surface area contributed by atoms with Gasteiger partial charge in [0.2, 0.25) is 5.91 Å². The first-order valence-electron chi connectivity index (χ1n) is 10.9. The molecule has 8 nitrogen and oxygen atoms in total. The van der Waals surface area contributed by atoms with E-state index >= 15 is 0 Å². The summed E-state index contributed by atoms with van der Waals surface area (Å²) in [4.78, 5) is 36.4. The number of benzene rings is 1. The van der Waals surface area contributed by atoms with Crippen LogP contribution in [0, 0.1) is 11.3 Å². The number of hydrogen-bond acceptors (Lipinski definition) is 5. The van der Waals surface area contributed by atoms with Gasteiger partial charge in [-0.3, -0.25) is 14.4 Å². The maximum Gasteiger partial charge on any atom is 0.306 e. The second-order valence-corrected chi connectivity index (χ2v) is 8.80. The van der Waals surface area contributed by atoms with Gasteiger partial charge in [-0.2, -0.15) is 0 Å². The van der Waals surface area contributed by atoms with Crippen LogP contribution in [0.15, 0.2) is 24.3 Å². The molecule has 1 aliphatic carbocycles. The Balaban J connectivity index is 2.03. The van der Waals surface area contributed by atoms with Crippen molar-refractivity contribution in [1.82, 2.24) is 5.32 Å². The predicted molar refractivity (Wildman–Crippen MR) is 119 cm³/mol. The standard InChI is InChI=1S/C23H32ClNO7/c1-31-12-8-16(21(28)29)15-23(10-2-3-11-23)22(30)25-18(14-20(26)27)9-13-32-19-6-4-17(24)5-7-19/h4-7,16,18H,2-3,8-15H2,1H3,(H,25,30)(H,26,27)(H,28,29). The monoisotopic (exact) mass is 469 g/mol. The van der Waals surface area contributed by atoms with Gasteiger partial charge in [-0.25, -0.2) is 0 Å². The highest BCUT2D eigenvalue weighted by molar-refractivity contribution is 6.30. The van der Waals surface area contributed by atoms with Gasteiger partial charge in [0.05, 0.1) is 24.4 Å². The normalized spacial score (nSPS) is 16.8. The lowest BCUT2D eigenvalue weighted by atomic mass is 9.75. The molecular weight excluding hydrogens is 438 g/mol. The van der Waals surface area contributed by atoms with E-state index in [4.69, 9.17) is 21.1 Å². The molecule has 2 unspecified atom stereocenters. The van der Waals surface area contributed by atoms with E-state index in [1.54, 1.807) is 24.3 Å². The smallest absolute Gasteiger partial charge is 0.306 e. The molecule has 0 aromatic heterocycles. The van der Waals surface area contributed by atoms with E-state index in [-0.39, 0.29) is 25.4 Å². The fourth-order valence-corrected chi connectivity index (χ4v) is 4.37. The Morgan fingerprint density at radius 2 is 1.75 bits per heavy atom. The van der Waals surface area contributed by atoms with Crippen LogP contribution in [0.4, 0.5) is 0 Å². The molecule has 0 spiro atoms. The van der Waals surface area contributed by atoms with Crippen LogP contribution in [-0.2, 0) is 19.1 Å². The second-order valence-electron chi connectivity index (χ2n) is 8.37. The first kappa shape index (κ1) is 25.9. The second kappa shape index (κ2) is 12.6. The van der Waals surface area contributed by atoms with Crippen molar-refractivity contribution in [3.63, 3.8) is 0 Å². The molecule has 0 bridgehead atoms. The third kappa shape index (κ3) is 7.98. The Morgan fingerprint density at radius 3 is 2.31 bits per heavy atom. The average Bonchev–Trinajstić information content (AvgIpc) is 3.22. The molecule has 0 heterocycles. The van der Waals surface area contributed by atoms with Crippen molar-refractivity contribution in [2.24, 2.45) is 11.3 Å². The van der Waals surface area contributed by atoms with Gasteiger partial charge in [0.15, 0.2) is 0 Å². The molecule has 1 fully saturated rings. The number of carboxylic acid groups (broad SMARTS) is 2. The minimum Gasteiger partial charge on any atom is -0.494 e. The summed E-state index contributed by atoms with van der Waals surface area (Å²) in [5, 5.41) is 22.4. The summed E-state index contributed by atoms with van der Waals surface area (Å²) in [6, 6.07) is 6.20. The van der Waals surface area contributed by atoms with E-state index < -0.39 is 29.3 Å². The van der Waals surface area contributed by atoms with Crippen molar-refractivity contribution in [2.75, 3.05) is 20.3 Å². The Bertz CT molecular complexity index is 762. The highest BCUT2D eigenvalue weighted by atomic mass is 35.5. The molecular formula is C23H32ClNO7. The molecule has 1 aromatic rings. The molecule has 1 amide bonds. The molecule has 2 atom stereocenters. The summed E-state index contributed by atoms with van der Waals surface area (Å²) in [6.07, 6.45) is 3.49. The number of carboxylic acids is 2. The Labute approximate surface area is 193 Å². The number of hydrogen-bond donors (Lipinski definition) is 3. The summed E-state index contributed by atoms with van der Waals surface area (Å²) in [7, 11) is 1.51. The third-order valence-electron chi connectivity index (χ3n) is 6.00. The zero-order valence-electron chi connectivity index (χ0n) is 18.3. The van der Waals surface area contributed by atoms with Crippen LogP contribution in [-0.4, -0.2) is 54.4 Å². The van der Waals surface area contributed by atoms with Gasteiger partial charge < -0.3 is 25.0 Å². The van der Waals surface area contributed by atoms with Crippen LogP contribution in [0.1, 0.15) is 51.4 Å². The van der Waals surface area contributed by atoms with Gasteiger partial charge in [0.1, 0.15) is 5.75 Å². The van der Waals surface area contributed by atoms with Crippen molar-refractivity contribution in [1.29, 1.82) is 0 Å². The number of carbonyl (C=O) groups is 3. The van der Waals surface area contributed by atoms with Gasteiger partial charge >= 0.3 is 11.9 Å². The number of methoxy groups -OCH3 is 1. The number of ether oxygens (including phenoxy) is 2. The Hall–Kier alpha value is -2.32. The average molecular weight is 470 g/mol. The van der Waals surface area contributed by atoms with Crippen LogP contribution in [0.25, 0.3) is 0 Å². The van der Waals surface area contributed by atoms with Crippen molar-refractivity contribution in [3.05, 3.63) is 29.3 Å². The highest BCUT2D eigenvalue weighted by Crippen LogP contribution is 2.44. The van der Waals surface area contributed by atoms with Crippen LogP contribution in [0.2, 0.25) is 5.02 Å². The molecule has 178 valence electrons. The fourth-order valence-electron chi connectivity index (χ4n) is 4.24. The third-order valence-corrected chi connectivity index (χ3v) is 6.26. The Morgan fingerprint density at radius 1 is 1.09 bits per heavy atom. The quantitative estimate of drug-likeness (QED) is 0.379. The molecule has 0 aliphatic heterocycles. The number of amides is 1. The molecule has 1 aromatic carbocycles. The zero-order valence-corrected chi connectivity index (χ0v) is 19.1. The van der Waals surface area contributed by atoms with Crippen LogP contribution < -0.4 is 10.1 Å². The van der Waals surface area contributed by atoms with Gasteiger partial charge in [-0.1, -0.05) is 24.4 Å². The van der Waals surface area contributed by atoms with Crippen molar-refractivity contribution >= 4 is 29.4 Å². The van der Waals surface area contributed by atoms with Gasteiger partial charge in [-0.15, -0.1) is 0 Å². The summed E-state index contributed by atoms with van der Waals surface area (Å²) in [5.41, 5.74) is -0.801. The summed E-state index contributed by atoms with van der Waals surface area (Å²) >= 11 is 5.86. The molecule has 1 saturated carbocycles.